The molecule has 1 heterocycles. The van der Waals surface area contributed by atoms with E-state index in [9.17, 15) is 4.39 Å². The molecule has 0 spiro atoms. The summed E-state index contributed by atoms with van der Waals surface area (Å²) >= 11 is 6.02. The van der Waals surface area contributed by atoms with Gasteiger partial charge in [-0.05, 0) is 32.9 Å². The minimum atomic E-state index is -0.314. The average Bonchev–Trinajstić information content (AvgIpc) is 2.71. The van der Waals surface area contributed by atoms with Crippen LogP contribution in [0.2, 0.25) is 5.02 Å². The Bertz CT molecular complexity index is 537. The molecule has 0 unspecified atom stereocenters. The van der Waals surface area contributed by atoms with Gasteiger partial charge in [0.25, 0.3) is 0 Å². The highest BCUT2D eigenvalue weighted by Gasteiger charge is 2.19. The van der Waals surface area contributed by atoms with Crippen LogP contribution >= 0.6 is 11.6 Å². The smallest absolute Gasteiger partial charge is 0.137 e. The summed E-state index contributed by atoms with van der Waals surface area (Å²) in [6, 6.07) is 4.67. The molecule has 0 aliphatic rings. The topological polar surface area (TPSA) is 30.7 Å². The predicted octanol–water partition coefficient (Wildman–Crippen LogP) is 3.42. The van der Waals surface area contributed by atoms with E-state index in [4.69, 9.17) is 11.6 Å². The molecule has 0 amide bonds. The molecule has 5 heteroatoms. The van der Waals surface area contributed by atoms with Gasteiger partial charge in [0, 0.05) is 22.5 Å². The lowest BCUT2D eigenvalue weighted by molar-refractivity contribution is 0.383. The fourth-order valence-electron chi connectivity index (χ4n) is 1.80. The Balaban J connectivity index is 2.39. The summed E-state index contributed by atoms with van der Waals surface area (Å²) < 4.78 is 15.7. The third kappa shape index (κ3) is 2.53. The molecule has 3 nitrogen and oxygen atoms in total. The zero-order valence-corrected chi connectivity index (χ0v) is 11.4. The van der Waals surface area contributed by atoms with Crippen LogP contribution in [-0.2, 0) is 12.0 Å². The van der Waals surface area contributed by atoms with Crippen molar-refractivity contribution < 1.29 is 4.39 Å². The average molecular weight is 268 g/mol. The van der Waals surface area contributed by atoms with Gasteiger partial charge in [-0.25, -0.2) is 4.39 Å². The van der Waals surface area contributed by atoms with Gasteiger partial charge in [0.05, 0.1) is 0 Å². The van der Waals surface area contributed by atoms with E-state index in [1.807, 2.05) is 25.3 Å². The summed E-state index contributed by atoms with van der Waals surface area (Å²) in [5, 5.41) is 8.35. The monoisotopic (exact) mass is 267 g/mol. The molecule has 0 atom stereocenters. The van der Waals surface area contributed by atoms with E-state index >= 15 is 0 Å². The summed E-state index contributed by atoms with van der Waals surface area (Å²) in [4.78, 5) is 0. The number of hydrogen-bond donors (Lipinski definition) is 0. The standard InChI is InChI=1S/C13H15ClFN3/c1-13(2,3)18-8-16-17-12(18)7-9-10(14)5-4-6-11(9)15/h4-6,8H,7H2,1-3H3. The van der Waals surface area contributed by atoms with E-state index in [1.54, 1.807) is 18.5 Å². The van der Waals surface area contributed by atoms with Crippen molar-refractivity contribution in [3.05, 3.63) is 46.8 Å². The van der Waals surface area contributed by atoms with Crippen molar-refractivity contribution in [2.45, 2.75) is 32.7 Å². The van der Waals surface area contributed by atoms with Crippen LogP contribution in [0.15, 0.2) is 24.5 Å². The van der Waals surface area contributed by atoms with Gasteiger partial charge in [-0.2, -0.15) is 0 Å². The Morgan fingerprint density at radius 1 is 1.33 bits per heavy atom. The van der Waals surface area contributed by atoms with Gasteiger partial charge < -0.3 is 4.57 Å². The molecular weight excluding hydrogens is 253 g/mol. The minimum absolute atomic E-state index is 0.142. The number of aromatic nitrogens is 3. The fraction of sp³-hybridized carbons (Fsp3) is 0.385. The number of rotatable bonds is 2. The summed E-state index contributed by atoms with van der Waals surface area (Å²) in [6.07, 6.45) is 1.99. The van der Waals surface area contributed by atoms with E-state index in [1.165, 1.54) is 6.07 Å². The SMILES string of the molecule is CC(C)(C)n1cnnc1Cc1c(F)cccc1Cl. The van der Waals surface area contributed by atoms with Crippen LogP contribution in [-0.4, -0.2) is 14.8 Å². The molecule has 2 aromatic rings. The molecule has 18 heavy (non-hydrogen) atoms. The summed E-state index contributed by atoms with van der Waals surface area (Å²) in [7, 11) is 0. The van der Waals surface area contributed by atoms with Crippen LogP contribution in [0.4, 0.5) is 4.39 Å². The van der Waals surface area contributed by atoms with Gasteiger partial charge >= 0.3 is 0 Å². The maximum Gasteiger partial charge on any atom is 0.137 e. The van der Waals surface area contributed by atoms with Gasteiger partial charge in [-0.3, -0.25) is 0 Å². The third-order valence-electron chi connectivity index (χ3n) is 2.74. The van der Waals surface area contributed by atoms with Crippen LogP contribution in [0.5, 0.6) is 0 Å². The molecule has 0 bridgehead atoms. The highest BCUT2D eigenvalue weighted by atomic mass is 35.5. The maximum atomic E-state index is 13.7. The van der Waals surface area contributed by atoms with Gasteiger partial charge in [0.2, 0.25) is 0 Å². The lowest BCUT2D eigenvalue weighted by Gasteiger charge is -2.22. The van der Waals surface area contributed by atoms with Crippen molar-refractivity contribution in [2.75, 3.05) is 0 Å². The van der Waals surface area contributed by atoms with Crippen molar-refractivity contribution in [2.24, 2.45) is 0 Å². The fourth-order valence-corrected chi connectivity index (χ4v) is 2.03. The zero-order chi connectivity index (χ0) is 13.3. The van der Waals surface area contributed by atoms with Crippen LogP contribution < -0.4 is 0 Å². The Kier molecular flexibility index (Phi) is 3.39. The third-order valence-corrected chi connectivity index (χ3v) is 3.09. The number of nitrogens with zero attached hydrogens (tertiary/aromatic N) is 3. The first-order chi connectivity index (χ1) is 8.39. The maximum absolute atomic E-state index is 13.7. The Morgan fingerprint density at radius 3 is 2.67 bits per heavy atom. The normalized spacial score (nSPS) is 11.8. The van der Waals surface area contributed by atoms with Gasteiger partial charge in [0.15, 0.2) is 0 Å². The number of benzene rings is 1. The van der Waals surface area contributed by atoms with E-state index in [2.05, 4.69) is 10.2 Å². The molecular formula is C13H15ClFN3. The molecule has 96 valence electrons. The first-order valence-corrected chi connectivity index (χ1v) is 6.09. The van der Waals surface area contributed by atoms with E-state index in [0.717, 1.165) is 0 Å². The largest absolute Gasteiger partial charge is 0.312 e. The van der Waals surface area contributed by atoms with E-state index in [-0.39, 0.29) is 11.4 Å². The van der Waals surface area contributed by atoms with Crippen molar-refractivity contribution in [3.63, 3.8) is 0 Å². The van der Waals surface area contributed by atoms with Gasteiger partial charge in [-0.15, -0.1) is 10.2 Å². The molecule has 0 radical (unpaired) electrons. The minimum Gasteiger partial charge on any atom is -0.312 e. The van der Waals surface area contributed by atoms with Crippen molar-refractivity contribution in [1.29, 1.82) is 0 Å². The Labute approximate surface area is 111 Å². The molecule has 0 saturated carbocycles. The summed E-state index contributed by atoms with van der Waals surface area (Å²) in [6.45, 7) is 6.13. The molecule has 0 fully saturated rings. The summed E-state index contributed by atoms with van der Waals surface area (Å²) in [5.41, 5.74) is 0.314. The van der Waals surface area contributed by atoms with Crippen molar-refractivity contribution in [1.82, 2.24) is 14.8 Å². The van der Waals surface area contributed by atoms with Crippen LogP contribution in [0.25, 0.3) is 0 Å². The van der Waals surface area contributed by atoms with Crippen LogP contribution in [0.3, 0.4) is 0 Å². The van der Waals surface area contributed by atoms with Gasteiger partial charge in [-0.1, -0.05) is 17.7 Å². The lowest BCUT2D eigenvalue weighted by Crippen LogP contribution is -2.23. The van der Waals surface area contributed by atoms with Crippen LogP contribution in [0.1, 0.15) is 32.2 Å². The van der Waals surface area contributed by atoms with Gasteiger partial charge in [0.1, 0.15) is 18.0 Å². The van der Waals surface area contributed by atoms with Crippen LogP contribution in [0, 0.1) is 5.82 Å². The summed E-state index contributed by atoms with van der Waals surface area (Å²) in [5.74, 6) is 0.389. The van der Waals surface area contributed by atoms with Crippen molar-refractivity contribution >= 4 is 11.6 Å². The van der Waals surface area contributed by atoms with E-state index < -0.39 is 0 Å². The molecule has 1 aromatic heterocycles. The predicted molar refractivity (Wildman–Crippen MR) is 69.2 cm³/mol. The first-order valence-electron chi connectivity index (χ1n) is 5.72. The first kappa shape index (κ1) is 13.0. The molecule has 1 aromatic carbocycles. The zero-order valence-electron chi connectivity index (χ0n) is 10.6. The Hall–Kier alpha value is -1.42. The Morgan fingerprint density at radius 2 is 2.06 bits per heavy atom. The second kappa shape index (κ2) is 4.69. The van der Waals surface area contributed by atoms with E-state index in [0.29, 0.717) is 22.8 Å². The molecule has 0 saturated heterocycles. The molecule has 0 aliphatic carbocycles. The highest BCUT2D eigenvalue weighted by molar-refractivity contribution is 6.31. The molecule has 0 aliphatic heterocycles. The lowest BCUT2D eigenvalue weighted by atomic mass is 10.1. The molecule has 0 N–H and O–H groups in total. The number of hydrogen-bond acceptors (Lipinski definition) is 2. The second-order valence-electron chi connectivity index (χ2n) is 5.16. The molecule has 2 rings (SSSR count). The second-order valence-corrected chi connectivity index (χ2v) is 5.57. The van der Waals surface area contributed by atoms with Crippen molar-refractivity contribution in [3.8, 4) is 0 Å². The number of halogens is 2. The highest BCUT2D eigenvalue weighted by Crippen LogP contribution is 2.23. The quantitative estimate of drug-likeness (QED) is 0.835.